The van der Waals surface area contributed by atoms with Crippen molar-refractivity contribution in [1.82, 2.24) is 5.23 Å². The molecule has 0 amide bonds. The molecule has 0 bridgehead atoms. The van der Waals surface area contributed by atoms with E-state index in [2.05, 4.69) is 0 Å². The number of carbonyl (C=O) groups is 1. The van der Waals surface area contributed by atoms with Gasteiger partial charge in [0.25, 0.3) is 0 Å². The molecule has 0 aromatic carbocycles. The van der Waals surface area contributed by atoms with Crippen LogP contribution in [0.15, 0.2) is 0 Å². The summed E-state index contributed by atoms with van der Waals surface area (Å²) in [6.45, 7) is 0. The van der Waals surface area contributed by atoms with Gasteiger partial charge in [-0.15, -0.1) is 0 Å². The van der Waals surface area contributed by atoms with E-state index in [4.69, 9.17) is 25.7 Å². The molecule has 7 nitrogen and oxygen atoms in total. The summed E-state index contributed by atoms with van der Waals surface area (Å²) in [5.41, 5.74) is 0. The Bertz CT molecular complexity index is 118. The molecule has 0 aromatic rings. The molecule has 54 valence electrons. The molecule has 0 unspecified atom stereocenters. The first-order valence-corrected chi connectivity index (χ1v) is 1.75. The number of hydrogen-bond acceptors (Lipinski definition) is 6. The maximum atomic E-state index is 9.60. The SMILES string of the molecule is O=C(O)C(O)(O)N(O)O. The minimum Gasteiger partial charge on any atom is -0.476 e. The lowest BCUT2D eigenvalue weighted by atomic mass is 10.5. The molecule has 9 heavy (non-hydrogen) atoms. The first kappa shape index (κ1) is 8.27. The Kier molecular flexibility index (Phi) is 2.07. The second-order valence-corrected chi connectivity index (χ2v) is 1.23. The van der Waals surface area contributed by atoms with Crippen LogP contribution in [0.4, 0.5) is 0 Å². The number of rotatable bonds is 2. The van der Waals surface area contributed by atoms with Crippen LogP contribution >= 0.6 is 0 Å². The van der Waals surface area contributed by atoms with Crippen molar-refractivity contribution in [2.45, 2.75) is 5.91 Å². The number of hydrogen-bond donors (Lipinski definition) is 5. The van der Waals surface area contributed by atoms with Gasteiger partial charge >= 0.3 is 11.9 Å². The Morgan fingerprint density at radius 1 is 1.33 bits per heavy atom. The molecule has 5 N–H and O–H groups in total. The molecule has 0 aliphatic heterocycles. The summed E-state index contributed by atoms with van der Waals surface area (Å²) >= 11 is 0. The summed E-state index contributed by atoms with van der Waals surface area (Å²) in [6, 6.07) is 0. The van der Waals surface area contributed by atoms with Crippen molar-refractivity contribution in [2.75, 3.05) is 0 Å². The van der Waals surface area contributed by atoms with Gasteiger partial charge in [0.2, 0.25) is 0 Å². The fourth-order valence-corrected chi connectivity index (χ4v) is 0.0855. The van der Waals surface area contributed by atoms with Gasteiger partial charge in [0.15, 0.2) is 0 Å². The van der Waals surface area contributed by atoms with Crippen molar-refractivity contribution in [3.8, 4) is 0 Å². The lowest BCUT2D eigenvalue weighted by molar-refractivity contribution is -0.458. The van der Waals surface area contributed by atoms with Gasteiger partial charge in [-0.3, -0.25) is 10.4 Å². The Hall–Kier alpha value is -0.730. The fraction of sp³-hybridized carbons (Fsp3) is 0.500. The molecule has 0 aliphatic carbocycles. The topological polar surface area (TPSA) is 121 Å². The van der Waals surface area contributed by atoms with E-state index in [1.165, 1.54) is 0 Å². The van der Waals surface area contributed by atoms with Crippen molar-refractivity contribution in [3.63, 3.8) is 0 Å². The van der Waals surface area contributed by atoms with Gasteiger partial charge in [-0.25, -0.2) is 4.79 Å². The summed E-state index contributed by atoms with van der Waals surface area (Å²) < 4.78 is 0. The van der Waals surface area contributed by atoms with E-state index in [1.807, 2.05) is 0 Å². The van der Waals surface area contributed by atoms with Crippen molar-refractivity contribution in [2.24, 2.45) is 0 Å². The van der Waals surface area contributed by atoms with Gasteiger partial charge < -0.3 is 15.3 Å². The lowest BCUT2D eigenvalue weighted by Crippen LogP contribution is -2.51. The number of aliphatic hydroxyl groups is 2. The van der Waals surface area contributed by atoms with Crippen molar-refractivity contribution in [3.05, 3.63) is 0 Å². The summed E-state index contributed by atoms with van der Waals surface area (Å²) in [5.74, 6) is -5.83. The monoisotopic (exact) mass is 139 g/mol. The highest BCUT2D eigenvalue weighted by molar-refractivity contribution is 5.73. The molecule has 0 aromatic heterocycles. The van der Waals surface area contributed by atoms with E-state index < -0.39 is 17.1 Å². The Morgan fingerprint density at radius 3 is 1.67 bits per heavy atom. The third kappa shape index (κ3) is 1.59. The number of carboxylic acids is 1. The molecule has 0 radical (unpaired) electrons. The van der Waals surface area contributed by atoms with Crippen LogP contribution in [0, 0.1) is 0 Å². The van der Waals surface area contributed by atoms with E-state index in [0.29, 0.717) is 0 Å². The van der Waals surface area contributed by atoms with E-state index in [9.17, 15) is 4.79 Å². The van der Waals surface area contributed by atoms with E-state index >= 15 is 0 Å². The van der Waals surface area contributed by atoms with Crippen molar-refractivity contribution >= 4 is 5.97 Å². The molecule has 0 fully saturated rings. The highest BCUT2D eigenvalue weighted by atomic mass is 16.8. The predicted molar refractivity (Wildman–Crippen MR) is 20.2 cm³/mol. The molecule has 0 saturated carbocycles. The average Bonchev–Trinajstić information content (AvgIpc) is 1.65. The normalized spacial score (nSPS) is 12.1. The van der Waals surface area contributed by atoms with Crippen LogP contribution in [0.25, 0.3) is 0 Å². The molecular formula is C2H5NO6. The van der Waals surface area contributed by atoms with E-state index in [0.717, 1.165) is 0 Å². The molecule has 0 rings (SSSR count). The standard InChI is InChI=1S/C2H5NO6/c4-1(5)2(6,7)3(8)9/h6-9H,(H,4,5). The number of hydroxylamine groups is 2. The fourth-order valence-electron chi connectivity index (χ4n) is 0.0855. The van der Waals surface area contributed by atoms with Crippen LogP contribution in [0.1, 0.15) is 0 Å². The lowest BCUT2D eigenvalue weighted by Gasteiger charge is -2.18. The second-order valence-electron chi connectivity index (χ2n) is 1.23. The van der Waals surface area contributed by atoms with Crippen LogP contribution in [0.2, 0.25) is 0 Å². The minimum atomic E-state index is -3.64. The molecular weight excluding hydrogens is 134 g/mol. The van der Waals surface area contributed by atoms with Gasteiger partial charge in [-0.05, 0) is 0 Å². The van der Waals surface area contributed by atoms with Gasteiger partial charge in [-0.1, -0.05) is 0 Å². The third-order valence-corrected chi connectivity index (χ3v) is 0.566. The highest BCUT2D eigenvalue weighted by Gasteiger charge is 2.40. The van der Waals surface area contributed by atoms with Crippen LogP contribution in [-0.4, -0.2) is 42.8 Å². The van der Waals surface area contributed by atoms with Gasteiger partial charge in [0.1, 0.15) is 0 Å². The maximum absolute atomic E-state index is 9.60. The van der Waals surface area contributed by atoms with Crippen molar-refractivity contribution in [1.29, 1.82) is 0 Å². The Balaban J connectivity index is 4.19. The van der Waals surface area contributed by atoms with Crippen LogP contribution in [-0.2, 0) is 4.79 Å². The first-order chi connectivity index (χ1) is 3.89. The maximum Gasteiger partial charge on any atom is 0.386 e. The van der Waals surface area contributed by atoms with Gasteiger partial charge in [0.05, 0.1) is 0 Å². The van der Waals surface area contributed by atoms with Crippen LogP contribution in [0.3, 0.4) is 0 Å². The van der Waals surface area contributed by atoms with Gasteiger partial charge in [0, 0.05) is 5.23 Å². The molecule has 0 spiro atoms. The Labute approximate surface area is 48.9 Å². The zero-order valence-corrected chi connectivity index (χ0v) is 4.09. The van der Waals surface area contributed by atoms with E-state index in [-0.39, 0.29) is 0 Å². The van der Waals surface area contributed by atoms with Gasteiger partial charge in [-0.2, -0.15) is 0 Å². The zero-order chi connectivity index (χ0) is 7.65. The largest absolute Gasteiger partial charge is 0.476 e. The number of nitrogens with zero attached hydrogens (tertiary/aromatic N) is 1. The first-order valence-electron chi connectivity index (χ1n) is 1.75. The van der Waals surface area contributed by atoms with Crippen molar-refractivity contribution < 1.29 is 30.5 Å². The van der Waals surface area contributed by atoms with Crippen LogP contribution < -0.4 is 0 Å². The van der Waals surface area contributed by atoms with E-state index in [1.54, 1.807) is 0 Å². The Morgan fingerprint density at radius 2 is 1.67 bits per heavy atom. The molecule has 7 heteroatoms. The minimum absolute atomic E-state index is 1.23. The highest BCUT2D eigenvalue weighted by Crippen LogP contribution is 2.00. The smallest absolute Gasteiger partial charge is 0.386 e. The summed E-state index contributed by atoms with van der Waals surface area (Å²) in [6.07, 6.45) is 0. The summed E-state index contributed by atoms with van der Waals surface area (Å²) in [5, 5.41) is 38.1. The zero-order valence-electron chi connectivity index (χ0n) is 4.09. The summed E-state index contributed by atoms with van der Waals surface area (Å²) in [4.78, 5) is 9.60. The number of aliphatic carboxylic acids is 1. The average molecular weight is 139 g/mol. The number of carboxylic acid groups (broad SMARTS) is 1. The van der Waals surface area contributed by atoms with Crippen LogP contribution in [0.5, 0.6) is 0 Å². The molecule has 0 atom stereocenters. The molecule has 0 aliphatic rings. The predicted octanol–water partition coefficient (Wildman–Crippen LogP) is -2.21. The summed E-state index contributed by atoms with van der Waals surface area (Å²) in [7, 11) is 0. The quantitative estimate of drug-likeness (QED) is 0.217. The second kappa shape index (κ2) is 2.25. The molecule has 0 heterocycles. The third-order valence-electron chi connectivity index (χ3n) is 0.566. The molecule has 0 saturated heterocycles.